The van der Waals surface area contributed by atoms with Crippen LogP contribution in [-0.2, 0) is 0 Å². The van der Waals surface area contributed by atoms with Crippen molar-refractivity contribution in [2.24, 2.45) is 0 Å². The van der Waals surface area contributed by atoms with Crippen molar-refractivity contribution in [3.05, 3.63) is 30.1 Å². The van der Waals surface area contributed by atoms with Crippen LogP contribution in [-0.4, -0.2) is 16.0 Å². The lowest BCUT2D eigenvalue weighted by Crippen LogP contribution is -2.20. The highest BCUT2D eigenvalue weighted by Gasteiger charge is 2.07. The zero-order valence-corrected chi connectivity index (χ0v) is 8.44. The Hall–Kier alpha value is -2.04. The van der Waals surface area contributed by atoms with Crippen LogP contribution in [0.3, 0.4) is 0 Å². The summed E-state index contributed by atoms with van der Waals surface area (Å²) in [6.45, 7) is 2.06. The average molecular weight is 203 g/mol. The Bertz CT molecular complexity index is 415. The molecule has 0 fully saturated rings. The molecule has 5 nitrogen and oxygen atoms in total. The third kappa shape index (κ3) is 2.07. The summed E-state index contributed by atoms with van der Waals surface area (Å²) in [4.78, 5) is 7.93. The highest BCUT2D eigenvalue weighted by Crippen LogP contribution is 2.18. The van der Waals surface area contributed by atoms with E-state index in [-0.39, 0.29) is 5.95 Å². The van der Waals surface area contributed by atoms with Gasteiger partial charge in [-0.25, -0.2) is 4.98 Å². The Balaban J connectivity index is 2.34. The third-order valence-corrected chi connectivity index (χ3v) is 2.13. The molecule has 15 heavy (non-hydrogen) atoms. The van der Waals surface area contributed by atoms with Crippen molar-refractivity contribution in [2.75, 3.05) is 11.5 Å². The maximum Gasteiger partial charge on any atom is 0.222 e. The van der Waals surface area contributed by atoms with Gasteiger partial charge < -0.3 is 16.8 Å². The lowest BCUT2D eigenvalue weighted by atomic mass is 10.1. The van der Waals surface area contributed by atoms with Crippen LogP contribution in [0.4, 0.5) is 11.8 Å². The van der Waals surface area contributed by atoms with Crippen LogP contribution < -0.4 is 16.8 Å². The van der Waals surface area contributed by atoms with Crippen molar-refractivity contribution in [3.8, 4) is 0 Å². The van der Waals surface area contributed by atoms with E-state index >= 15 is 0 Å². The van der Waals surface area contributed by atoms with E-state index in [0.29, 0.717) is 11.9 Å². The molecule has 1 atom stereocenters. The Morgan fingerprint density at radius 2 is 2.13 bits per heavy atom. The minimum Gasteiger partial charge on any atom is -0.384 e. The molecule has 1 aromatic rings. The van der Waals surface area contributed by atoms with Crippen LogP contribution in [0.15, 0.2) is 24.4 Å². The summed E-state index contributed by atoms with van der Waals surface area (Å²) in [5, 5.41) is 3.18. The number of dihydropyridines is 1. The van der Waals surface area contributed by atoms with Gasteiger partial charge in [-0.05, 0) is 6.92 Å². The molecule has 1 aromatic heterocycles. The summed E-state index contributed by atoms with van der Waals surface area (Å²) < 4.78 is 0. The molecule has 0 aromatic carbocycles. The molecule has 78 valence electrons. The fraction of sp³-hybridized carbons (Fsp3) is 0.200. The fourth-order valence-corrected chi connectivity index (χ4v) is 1.37. The van der Waals surface area contributed by atoms with Gasteiger partial charge in [-0.1, -0.05) is 12.2 Å². The van der Waals surface area contributed by atoms with Gasteiger partial charge in [0, 0.05) is 23.9 Å². The van der Waals surface area contributed by atoms with Crippen LogP contribution in [0.2, 0.25) is 0 Å². The Morgan fingerprint density at radius 1 is 1.33 bits per heavy atom. The Kier molecular flexibility index (Phi) is 2.29. The van der Waals surface area contributed by atoms with E-state index in [0.717, 1.165) is 11.3 Å². The van der Waals surface area contributed by atoms with Gasteiger partial charge >= 0.3 is 0 Å². The molecule has 1 unspecified atom stereocenters. The first kappa shape index (κ1) is 9.51. The zero-order chi connectivity index (χ0) is 10.8. The van der Waals surface area contributed by atoms with Crippen molar-refractivity contribution < 1.29 is 0 Å². The van der Waals surface area contributed by atoms with Gasteiger partial charge in [0.15, 0.2) is 0 Å². The van der Waals surface area contributed by atoms with Gasteiger partial charge in [-0.15, -0.1) is 0 Å². The number of anilines is 2. The monoisotopic (exact) mass is 203 g/mol. The summed E-state index contributed by atoms with van der Waals surface area (Å²) in [5.74, 6) is 0.573. The summed E-state index contributed by atoms with van der Waals surface area (Å²) in [7, 11) is 0. The lowest BCUT2D eigenvalue weighted by Gasteiger charge is -2.14. The molecule has 0 bridgehead atoms. The molecule has 2 heterocycles. The Labute approximate surface area is 87.9 Å². The second-order valence-electron chi connectivity index (χ2n) is 3.45. The van der Waals surface area contributed by atoms with E-state index < -0.39 is 0 Å². The minimum absolute atomic E-state index is 0.193. The summed E-state index contributed by atoms with van der Waals surface area (Å²) in [6.07, 6.45) is 5.93. The predicted octanol–water partition coefficient (Wildman–Crippen LogP) is 0.530. The molecule has 2 rings (SSSR count). The van der Waals surface area contributed by atoms with Gasteiger partial charge in [-0.2, -0.15) is 4.98 Å². The van der Waals surface area contributed by atoms with Gasteiger partial charge in [0.2, 0.25) is 5.95 Å². The highest BCUT2D eigenvalue weighted by atomic mass is 15.0. The molecule has 1 aliphatic heterocycles. The molecule has 0 saturated heterocycles. The van der Waals surface area contributed by atoms with Gasteiger partial charge in [0.1, 0.15) is 5.82 Å². The summed E-state index contributed by atoms with van der Waals surface area (Å²) in [5.41, 5.74) is 12.8. The topological polar surface area (TPSA) is 89.8 Å². The highest BCUT2D eigenvalue weighted by molar-refractivity contribution is 5.74. The second-order valence-corrected chi connectivity index (χ2v) is 3.45. The van der Waals surface area contributed by atoms with Gasteiger partial charge in [-0.3, -0.25) is 0 Å². The zero-order valence-electron chi connectivity index (χ0n) is 8.44. The SMILES string of the molecule is CC1C=CC(c2cc(N)nc(N)n2)=CN1. The number of nitrogen functional groups attached to an aromatic ring is 2. The molecule has 0 spiro atoms. The van der Waals surface area contributed by atoms with E-state index in [2.05, 4.69) is 22.2 Å². The first-order valence-electron chi connectivity index (χ1n) is 4.70. The van der Waals surface area contributed by atoms with E-state index in [1.165, 1.54) is 0 Å². The summed E-state index contributed by atoms with van der Waals surface area (Å²) in [6, 6.07) is 2.04. The molecule has 0 saturated carbocycles. The van der Waals surface area contributed by atoms with Crippen LogP contribution in [0.5, 0.6) is 0 Å². The van der Waals surface area contributed by atoms with Crippen molar-refractivity contribution in [1.29, 1.82) is 0 Å². The number of nitrogens with one attached hydrogen (secondary N) is 1. The number of allylic oxidation sites excluding steroid dienone is 2. The predicted molar refractivity (Wildman–Crippen MR) is 60.6 cm³/mol. The van der Waals surface area contributed by atoms with Crippen LogP contribution in [0, 0.1) is 0 Å². The van der Waals surface area contributed by atoms with Crippen molar-refractivity contribution >= 4 is 17.3 Å². The maximum absolute atomic E-state index is 5.59. The lowest BCUT2D eigenvalue weighted by molar-refractivity contribution is 0.763. The number of hydrogen-bond donors (Lipinski definition) is 3. The summed E-state index contributed by atoms with van der Waals surface area (Å²) >= 11 is 0. The molecule has 0 radical (unpaired) electrons. The van der Waals surface area contributed by atoms with Crippen LogP contribution in [0.25, 0.3) is 5.57 Å². The number of rotatable bonds is 1. The smallest absolute Gasteiger partial charge is 0.222 e. The molecule has 5 N–H and O–H groups in total. The van der Waals surface area contributed by atoms with Crippen molar-refractivity contribution in [3.63, 3.8) is 0 Å². The van der Waals surface area contributed by atoms with Crippen LogP contribution >= 0.6 is 0 Å². The third-order valence-electron chi connectivity index (χ3n) is 2.13. The number of nitrogens with zero attached hydrogens (tertiary/aromatic N) is 2. The molecule has 5 heteroatoms. The number of aromatic nitrogens is 2. The first-order valence-corrected chi connectivity index (χ1v) is 4.70. The molecule has 0 aliphatic carbocycles. The maximum atomic E-state index is 5.59. The van der Waals surface area contributed by atoms with Crippen molar-refractivity contribution in [1.82, 2.24) is 15.3 Å². The Morgan fingerprint density at radius 3 is 2.73 bits per heavy atom. The van der Waals surface area contributed by atoms with E-state index in [9.17, 15) is 0 Å². The largest absolute Gasteiger partial charge is 0.384 e. The first-order chi connectivity index (χ1) is 7.15. The standard InChI is InChI=1S/C10H13N5/c1-6-2-3-7(5-13-6)8-4-9(11)15-10(12)14-8/h2-6,13H,1H3,(H4,11,12,14,15). The average Bonchev–Trinajstić information content (AvgIpc) is 2.17. The molecular weight excluding hydrogens is 190 g/mol. The van der Waals surface area contributed by atoms with Crippen LogP contribution in [0.1, 0.15) is 12.6 Å². The van der Waals surface area contributed by atoms with E-state index in [1.54, 1.807) is 6.07 Å². The normalized spacial score (nSPS) is 19.5. The number of hydrogen-bond acceptors (Lipinski definition) is 5. The molecule has 0 amide bonds. The van der Waals surface area contributed by atoms with E-state index in [1.807, 2.05) is 18.4 Å². The van der Waals surface area contributed by atoms with Gasteiger partial charge in [0.25, 0.3) is 0 Å². The molecule has 1 aliphatic rings. The van der Waals surface area contributed by atoms with Gasteiger partial charge in [0.05, 0.1) is 5.69 Å². The number of nitrogens with two attached hydrogens (primary N) is 2. The quantitative estimate of drug-likeness (QED) is 0.619. The fourth-order valence-electron chi connectivity index (χ4n) is 1.37. The molecular formula is C10H13N5. The second kappa shape index (κ2) is 3.61. The van der Waals surface area contributed by atoms with Crippen molar-refractivity contribution in [2.45, 2.75) is 13.0 Å². The van der Waals surface area contributed by atoms with E-state index in [4.69, 9.17) is 11.5 Å². The minimum atomic E-state index is 0.193.